The molecule has 3 aliphatic carbocycles. The van der Waals surface area contributed by atoms with E-state index < -0.39 is 0 Å². The van der Waals surface area contributed by atoms with Crippen LogP contribution in [0.1, 0.15) is 56.1 Å². The summed E-state index contributed by atoms with van der Waals surface area (Å²) in [6, 6.07) is 6.26. The molecule has 0 saturated heterocycles. The number of hydrogen-bond acceptors (Lipinski definition) is 3. The second-order valence-electron chi connectivity index (χ2n) is 7.93. The zero-order chi connectivity index (χ0) is 16.9. The average Bonchev–Trinajstić information content (AvgIpc) is 2.91. The molecule has 4 rings (SSSR count). The van der Waals surface area contributed by atoms with Crippen LogP contribution in [0.4, 0.5) is 0 Å². The van der Waals surface area contributed by atoms with Crippen molar-refractivity contribution >= 4 is 0 Å². The standard InChI is InChI=1S/C21H25NO2/c1-21-9-7-15-16(18(21)6-4-14(21)8-10-22)5-3-13-11-19(23)20(24-2)12-17(13)15/h8,11-12,15-16,18,23H,3-7,9H2,1-2H3/b14-8-/t15?,16?,18?,21-/m1/s1. The van der Waals surface area contributed by atoms with Gasteiger partial charge in [-0.2, -0.15) is 5.26 Å². The Bertz CT molecular complexity index is 745. The van der Waals surface area contributed by atoms with Gasteiger partial charge in [0.1, 0.15) is 0 Å². The fourth-order valence-electron chi connectivity index (χ4n) is 5.91. The van der Waals surface area contributed by atoms with Gasteiger partial charge in [-0.3, -0.25) is 0 Å². The predicted molar refractivity (Wildman–Crippen MR) is 93.0 cm³/mol. The molecule has 0 radical (unpaired) electrons. The molecule has 2 saturated carbocycles. The van der Waals surface area contributed by atoms with Crippen LogP contribution in [0.15, 0.2) is 23.8 Å². The summed E-state index contributed by atoms with van der Waals surface area (Å²) < 4.78 is 5.35. The van der Waals surface area contributed by atoms with Crippen molar-refractivity contribution in [2.45, 2.75) is 51.4 Å². The van der Waals surface area contributed by atoms with Gasteiger partial charge in [-0.1, -0.05) is 12.5 Å². The summed E-state index contributed by atoms with van der Waals surface area (Å²) in [5.74, 6) is 2.80. The van der Waals surface area contributed by atoms with Crippen molar-refractivity contribution in [1.82, 2.24) is 0 Å². The van der Waals surface area contributed by atoms with Gasteiger partial charge in [0.05, 0.1) is 13.2 Å². The largest absolute Gasteiger partial charge is 0.504 e. The molecule has 1 aromatic carbocycles. The molecule has 24 heavy (non-hydrogen) atoms. The Hall–Kier alpha value is -1.95. The van der Waals surface area contributed by atoms with Crippen LogP contribution in [0.5, 0.6) is 11.5 Å². The first-order valence-electron chi connectivity index (χ1n) is 9.07. The minimum absolute atomic E-state index is 0.218. The van der Waals surface area contributed by atoms with Gasteiger partial charge in [-0.05, 0) is 85.0 Å². The Morgan fingerprint density at radius 2 is 2.12 bits per heavy atom. The lowest BCUT2D eigenvalue weighted by Crippen LogP contribution is -2.40. The average molecular weight is 323 g/mol. The van der Waals surface area contributed by atoms with E-state index in [2.05, 4.69) is 19.1 Å². The van der Waals surface area contributed by atoms with Crippen molar-refractivity contribution in [3.63, 3.8) is 0 Å². The first-order chi connectivity index (χ1) is 11.6. The van der Waals surface area contributed by atoms with Gasteiger partial charge in [0.2, 0.25) is 0 Å². The summed E-state index contributed by atoms with van der Waals surface area (Å²) in [5.41, 5.74) is 4.28. The number of nitrogens with zero attached hydrogens (tertiary/aromatic N) is 1. The Labute approximate surface area is 143 Å². The van der Waals surface area contributed by atoms with E-state index in [9.17, 15) is 5.11 Å². The van der Waals surface area contributed by atoms with E-state index in [4.69, 9.17) is 10.00 Å². The maximum atomic E-state index is 10.1. The van der Waals surface area contributed by atoms with Crippen LogP contribution in [0.25, 0.3) is 0 Å². The third kappa shape index (κ3) is 2.09. The third-order valence-corrected chi connectivity index (χ3v) is 7.11. The lowest BCUT2D eigenvalue weighted by molar-refractivity contribution is 0.0813. The monoisotopic (exact) mass is 323 g/mol. The topological polar surface area (TPSA) is 53.2 Å². The quantitative estimate of drug-likeness (QED) is 0.762. The molecule has 3 aliphatic rings. The smallest absolute Gasteiger partial charge is 0.160 e. The molecule has 126 valence electrons. The molecule has 0 spiro atoms. The fraction of sp³-hybridized carbons (Fsp3) is 0.571. The Morgan fingerprint density at radius 3 is 2.88 bits per heavy atom. The number of phenols is 1. The predicted octanol–water partition coefficient (Wildman–Crippen LogP) is 4.71. The second kappa shape index (κ2) is 5.55. The number of rotatable bonds is 1. The zero-order valence-corrected chi connectivity index (χ0v) is 14.5. The van der Waals surface area contributed by atoms with Gasteiger partial charge in [0, 0.05) is 6.08 Å². The number of hydrogen-bond donors (Lipinski definition) is 1. The minimum atomic E-state index is 0.218. The van der Waals surface area contributed by atoms with E-state index in [1.54, 1.807) is 7.11 Å². The lowest BCUT2D eigenvalue weighted by Gasteiger charge is -2.49. The van der Waals surface area contributed by atoms with Gasteiger partial charge in [-0.15, -0.1) is 0 Å². The van der Waals surface area contributed by atoms with Crippen molar-refractivity contribution < 1.29 is 9.84 Å². The number of ether oxygens (including phenoxy) is 1. The van der Waals surface area contributed by atoms with Crippen LogP contribution >= 0.6 is 0 Å². The number of phenolic OH excluding ortho intramolecular Hbond substituents is 1. The maximum absolute atomic E-state index is 10.1. The van der Waals surface area contributed by atoms with Crippen molar-refractivity contribution in [3.8, 4) is 17.6 Å². The number of benzene rings is 1. The molecule has 3 nitrogen and oxygen atoms in total. The van der Waals surface area contributed by atoms with Crippen molar-refractivity contribution in [3.05, 3.63) is 34.9 Å². The number of fused-ring (bicyclic) bond motifs is 5. The first kappa shape index (κ1) is 15.6. The van der Waals surface area contributed by atoms with Gasteiger partial charge in [-0.25, -0.2) is 0 Å². The van der Waals surface area contributed by atoms with E-state index in [1.807, 2.05) is 12.1 Å². The minimum Gasteiger partial charge on any atom is -0.504 e. The second-order valence-corrected chi connectivity index (χ2v) is 7.93. The highest BCUT2D eigenvalue weighted by atomic mass is 16.5. The molecule has 1 N–H and O–H groups in total. The molecule has 4 atom stereocenters. The van der Waals surface area contributed by atoms with Crippen LogP contribution in [0, 0.1) is 28.6 Å². The molecule has 0 amide bonds. The number of aryl methyl sites for hydroxylation is 1. The van der Waals surface area contributed by atoms with Gasteiger partial charge >= 0.3 is 0 Å². The first-order valence-corrected chi connectivity index (χ1v) is 9.07. The SMILES string of the molecule is COc1cc2c(cc1O)CCC1C2CC[C@]2(C)/C(=C\C#N)CCC12. The van der Waals surface area contributed by atoms with Gasteiger partial charge in [0.15, 0.2) is 11.5 Å². The summed E-state index contributed by atoms with van der Waals surface area (Å²) >= 11 is 0. The molecule has 3 unspecified atom stereocenters. The lowest BCUT2D eigenvalue weighted by atomic mass is 9.55. The number of nitriles is 1. The fourth-order valence-corrected chi connectivity index (χ4v) is 5.91. The molecule has 2 fully saturated rings. The molecule has 1 aromatic rings. The number of allylic oxidation sites excluding steroid dienone is 2. The van der Waals surface area contributed by atoms with E-state index in [-0.39, 0.29) is 11.2 Å². The number of methoxy groups -OCH3 is 1. The summed E-state index contributed by atoms with van der Waals surface area (Å²) in [5, 5.41) is 19.2. The molecule has 0 aromatic heterocycles. The summed E-state index contributed by atoms with van der Waals surface area (Å²) in [7, 11) is 1.62. The van der Waals surface area contributed by atoms with E-state index in [1.165, 1.54) is 36.0 Å². The van der Waals surface area contributed by atoms with Gasteiger partial charge in [0.25, 0.3) is 0 Å². The molecule has 0 bridgehead atoms. The zero-order valence-electron chi connectivity index (χ0n) is 14.5. The third-order valence-electron chi connectivity index (χ3n) is 7.11. The summed E-state index contributed by atoms with van der Waals surface area (Å²) in [6.07, 6.45) is 8.69. The molecule has 0 heterocycles. The van der Waals surface area contributed by atoms with Crippen molar-refractivity contribution in [1.29, 1.82) is 5.26 Å². The number of aromatic hydroxyl groups is 1. The summed E-state index contributed by atoms with van der Waals surface area (Å²) in [4.78, 5) is 0. The van der Waals surface area contributed by atoms with Crippen LogP contribution in [0.3, 0.4) is 0 Å². The van der Waals surface area contributed by atoms with Crippen LogP contribution < -0.4 is 4.74 Å². The maximum Gasteiger partial charge on any atom is 0.160 e. The molecule has 3 heteroatoms. The Morgan fingerprint density at radius 1 is 1.29 bits per heavy atom. The molecular weight excluding hydrogens is 298 g/mol. The Kier molecular flexibility index (Phi) is 3.60. The van der Waals surface area contributed by atoms with E-state index in [0.29, 0.717) is 23.5 Å². The molecular formula is C21H25NO2. The Balaban J connectivity index is 1.72. The summed E-state index contributed by atoms with van der Waals surface area (Å²) in [6.45, 7) is 2.39. The normalized spacial score (nSPS) is 35.7. The van der Waals surface area contributed by atoms with Crippen LogP contribution in [-0.4, -0.2) is 12.2 Å². The highest BCUT2D eigenvalue weighted by Gasteiger charge is 2.52. The molecule has 0 aliphatic heterocycles. The van der Waals surface area contributed by atoms with Crippen LogP contribution in [0.2, 0.25) is 0 Å². The van der Waals surface area contributed by atoms with E-state index in [0.717, 1.165) is 19.3 Å². The highest BCUT2D eigenvalue weighted by Crippen LogP contribution is 2.63. The van der Waals surface area contributed by atoms with Crippen molar-refractivity contribution in [2.75, 3.05) is 7.11 Å². The van der Waals surface area contributed by atoms with E-state index >= 15 is 0 Å². The van der Waals surface area contributed by atoms with Gasteiger partial charge < -0.3 is 9.84 Å². The highest BCUT2D eigenvalue weighted by molar-refractivity contribution is 5.49. The van der Waals surface area contributed by atoms with Crippen LogP contribution in [-0.2, 0) is 6.42 Å². The van der Waals surface area contributed by atoms with Crippen molar-refractivity contribution in [2.24, 2.45) is 17.3 Å².